The molecule has 0 saturated carbocycles. The summed E-state index contributed by atoms with van der Waals surface area (Å²) in [7, 11) is 0. The van der Waals surface area contributed by atoms with Crippen LogP contribution in [0.5, 0.6) is 0 Å². The first-order valence-electron chi connectivity index (χ1n) is 8.45. The maximum atomic E-state index is 12.5. The highest BCUT2D eigenvalue weighted by molar-refractivity contribution is 7.98. The number of carbonyl (C=O) groups is 1. The minimum Gasteiger partial charge on any atom is -0.370 e. The van der Waals surface area contributed by atoms with Crippen molar-refractivity contribution in [1.82, 2.24) is 5.32 Å². The van der Waals surface area contributed by atoms with Crippen LogP contribution in [0.3, 0.4) is 0 Å². The molecule has 0 unspecified atom stereocenters. The van der Waals surface area contributed by atoms with E-state index in [1.54, 1.807) is 17.8 Å². The topological polar surface area (TPSA) is 67.5 Å². The highest BCUT2D eigenvalue weighted by Crippen LogP contribution is 2.18. The highest BCUT2D eigenvalue weighted by atomic mass is 32.2. The van der Waals surface area contributed by atoms with Gasteiger partial charge in [-0.1, -0.05) is 66.7 Å². The van der Waals surface area contributed by atoms with E-state index in [0.29, 0.717) is 12.1 Å². The number of nitrogens with two attached hydrogens (primary N) is 1. The van der Waals surface area contributed by atoms with Gasteiger partial charge in [-0.3, -0.25) is 15.1 Å². The minimum atomic E-state index is -0.236. The van der Waals surface area contributed by atoms with Gasteiger partial charge in [0, 0.05) is 17.1 Å². The number of fused-ring (bicyclic) bond motifs is 1. The summed E-state index contributed by atoms with van der Waals surface area (Å²) in [6.07, 6.45) is 0. The van der Waals surface area contributed by atoms with Gasteiger partial charge in [0.1, 0.15) is 0 Å². The molecule has 3 aromatic rings. The predicted octanol–water partition coefficient (Wildman–Crippen LogP) is 3.82. The third kappa shape index (κ3) is 4.86. The van der Waals surface area contributed by atoms with Gasteiger partial charge in [-0.2, -0.15) is 11.8 Å². The molecular weight excluding hydrogens is 342 g/mol. The third-order valence-corrected chi connectivity index (χ3v) is 4.91. The lowest BCUT2D eigenvalue weighted by Crippen LogP contribution is -2.37. The Balaban J connectivity index is 1.51. The van der Waals surface area contributed by atoms with Gasteiger partial charge in [-0.05, 0) is 22.4 Å². The molecule has 3 rings (SSSR count). The summed E-state index contributed by atoms with van der Waals surface area (Å²) in [5.74, 6) is 1.71. The van der Waals surface area contributed by atoms with E-state index in [0.717, 1.165) is 22.3 Å². The molecule has 0 saturated heterocycles. The summed E-state index contributed by atoms with van der Waals surface area (Å²) in [5, 5.41) is 4.60. The van der Waals surface area contributed by atoms with E-state index in [-0.39, 0.29) is 11.9 Å². The Kier molecular flexibility index (Phi) is 6.28. The second-order valence-electron chi connectivity index (χ2n) is 5.79. The fourth-order valence-corrected chi connectivity index (χ4v) is 3.43. The van der Waals surface area contributed by atoms with Gasteiger partial charge in [0.2, 0.25) is 0 Å². The van der Waals surface area contributed by atoms with Crippen molar-refractivity contribution in [2.75, 3.05) is 12.3 Å². The quantitative estimate of drug-likeness (QED) is 0.397. The molecule has 0 spiro atoms. The summed E-state index contributed by atoms with van der Waals surface area (Å²) < 4.78 is 0. The molecule has 0 atom stereocenters. The standard InChI is InChI=1S/C21H21N3OS/c22-21(23-13-14-26-15-16-7-2-1-3-8-16)24-20(25)19-12-6-10-17-9-4-5-11-18(17)19/h1-12H,13-15H2,(H3,22,23,24,25). The summed E-state index contributed by atoms with van der Waals surface area (Å²) in [6, 6.07) is 23.7. The lowest BCUT2D eigenvalue weighted by atomic mass is 10.0. The Morgan fingerprint density at radius 2 is 1.69 bits per heavy atom. The number of nitrogens with one attached hydrogen (secondary N) is 1. The largest absolute Gasteiger partial charge is 0.370 e. The maximum absolute atomic E-state index is 12.5. The Bertz CT molecular complexity index is 904. The van der Waals surface area contributed by atoms with E-state index in [9.17, 15) is 4.79 Å². The molecule has 0 aliphatic heterocycles. The lowest BCUT2D eigenvalue weighted by Gasteiger charge is -2.07. The molecule has 0 aliphatic carbocycles. The monoisotopic (exact) mass is 363 g/mol. The van der Waals surface area contributed by atoms with Crippen molar-refractivity contribution in [2.45, 2.75) is 5.75 Å². The Hall–Kier alpha value is -2.79. The molecule has 132 valence electrons. The summed E-state index contributed by atoms with van der Waals surface area (Å²) in [4.78, 5) is 16.7. The van der Waals surface area contributed by atoms with Gasteiger partial charge in [0.25, 0.3) is 5.91 Å². The zero-order valence-corrected chi connectivity index (χ0v) is 15.2. The number of nitrogens with zero attached hydrogens (tertiary/aromatic N) is 1. The number of benzene rings is 3. The van der Waals surface area contributed by atoms with Crippen molar-refractivity contribution in [3.63, 3.8) is 0 Å². The van der Waals surface area contributed by atoms with Crippen LogP contribution >= 0.6 is 11.8 Å². The Morgan fingerprint density at radius 1 is 0.962 bits per heavy atom. The van der Waals surface area contributed by atoms with Crippen LogP contribution in [0.15, 0.2) is 77.8 Å². The van der Waals surface area contributed by atoms with Crippen molar-refractivity contribution in [1.29, 1.82) is 0 Å². The summed E-state index contributed by atoms with van der Waals surface area (Å²) >= 11 is 1.79. The molecule has 1 amide bonds. The number of aliphatic imine (C=N–C) groups is 1. The number of hydrogen-bond acceptors (Lipinski definition) is 3. The first-order chi connectivity index (χ1) is 12.7. The van der Waals surface area contributed by atoms with E-state index in [1.165, 1.54) is 5.56 Å². The number of rotatable bonds is 6. The normalized spacial score (nSPS) is 11.5. The first kappa shape index (κ1) is 18.0. The number of hydrogen-bond donors (Lipinski definition) is 2. The van der Waals surface area contributed by atoms with Gasteiger partial charge < -0.3 is 5.73 Å². The van der Waals surface area contributed by atoms with Crippen LogP contribution in [-0.2, 0) is 5.75 Å². The van der Waals surface area contributed by atoms with Crippen LogP contribution in [-0.4, -0.2) is 24.2 Å². The molecule has 0 aliphatic rings. The fourth-order valence-electron chi connectivity index (χ4n) is 2.64. The van der Waals surface area contributed by atoms with E-state index in [1.807, 2.05) is 54.6 Å². The Morgan fingerprint density at radius 3 is 2.54 bits per heavy atom. The minimum absolute atomic E-state index is 0.156. The second-order valence-corrected chi connectivity index (χ2v) is 6.89. The van der Waals surface area contributed by atoms with Crippen molar-refractivity contribution >= 4 is 34.4 Å². The van der Waals surface area contributed by atoms with Crippen LogP contribution in [0.4, 0.5) is 0 Å². The molecule has 0 aromatic heterocycles. The van der Waals surface area contributed by atoms with Crippen molar-refractivity contribution in [3.8, 4) is 0 Å². The zero-order chi connectivity index (χ0) is 18.2. The van der Waals surface area contributed by atoms with Crippen molar-refractivity contribution in [2.24, 2.45) is 10.7 Å². The molecule has 0 radical (unpaired) electrons. The third-order valence-electron chi connectivity index (χ3n) is 3.91. The SMILES string of the molecule is NC(=NCCSCc1ccccc1)NC(=O)c1cccc2ccccc12. The van der Waals surface area contributed by atoms with Crippen LogP contribution < -0.4 is 11.1 Å². The lowest BCUT2D eigenvalue weighted by molar-refractivity contribution is 0.0978. The number of guanidine groups is 1. The van der Waals surface area contributed by atoms with Crippen LogP contribution in [0.2, 0.25) is 0 Å². The molecule has 0 fully saturated rings. The summed E-state index contributed by atoms with van der Waals surface area (Å²) in [6.45, 7) is 0.569. The number of carbonyl (C=O) groups excluding carboxylic acids is 1. The van der Waals surface area contributed by atoms with E-state index >= 15 is 0 Å². The van der Waals surface area contributed by atoms with E-state index < -0.39 is 0 Å². The average Bonchev–Trinajstić information content (AvgIpc) is 2.68. The molecule has 5 heteroatoms. The average molecular weight is 363 g/mol. The van der Waals surface area contributed by atoms with Gasteiger partial charge in [-0.15, -0.1) is 0 Å². The molecular formula is C21H21N3OS. The Labute approximate surface area is 157 Å². The smallest absolute Gasteiger partial charge is 0.258 e. The van der Waals surface area contributed by atoms with Gasteiger partial charge in [0.05, 0.1) is 6.54 Å². The van der Waals surface area contributed by atoms with Crippen LogP contribution in [0.1, 0.15) is 15.9 Å². The molecule has 0 bridgehead atoms. The zero-order valence-electron chi connectivity index (χ0n) is 14.4. The molecule has 4 nitrogen and oxygen atoms in total. The van der Waals surface area contributed by atoms with Gasteiger partial charge in [0.15, 0.2) is 5.96 Å². The predicted molar refractivity (Wildman–Crippen MR) is 111 cm³/mol. The maximum Gasteiger partial charge on any atom is 0.258 e. The van der Waals surface area contributed by atoms with Gasteiger partial charge in [-0.25, -0.2) is 0 Å². The molecule has 0 heterocycles. The van der Waals surface area contributed by atoms with Crippen LogP contribution in [0, 0.1) is 0 Å². The summed E-state index contributed by atoms with van der Waals surface area (Å²) in [5.41, 5.74) is 7.75. The number of amides is 1. The first-order valence-corrected chi connectivity index (χ1v) is 9.60. The molecule has 3 N–H and O–H groups in total. The van der Waals surface area contributed by atoms with Crippen molar-refractivity contribution < 1.29 is 4.79 Å². The fraction of sp³-hybridized carbons (Fsp3) is 0.143. The van der Waals surface area contributed by atoms with Crippen molar-refractivity contribution in [3.05, 3.63) is 83.9 Å². The van der Waals surface area contributed by atoms with E-state index in [4.69, 9.17) is 5.73 Å². The van der Waals surface area contributed by atoms with Crippen LogP contribution in [0.25, 0.3) is 10.8 Å². The molecule has 26 heavy (non-hydrogen) atoms. The van der Waals surface area contributed by atoms with E-state index in [2.05, 4.69) is 22.4 Å². The second kappa shape index (κ2) is 9.06. The van der Waals surface area contributed by atoms with Gasteiger partial charge >= 0.3 is 0 Å². The molecule has 3 aromatic carbocycles. The number of thioether (sulfide) groups is 1. The highest BCUT2D eigenvalue weighted by Gasteiger charge is 2.10.